The minimum atomic E-state index is -1.04. The van der Waals surface area contributed by atoms with E-state index in [1.54, 1.807) is 19.1 Å². The highest BCUT2D eigenvalue weighted by Gasteiger charge is 2.26. The molecule has 2 unspecified atom stereocenters. The van der Waals surface area contributed by atoms with Crippen molar-refractivity contribution in [1.82, 2.24) is 5.32 Å². The average molecular weight is 289 g/mol. The molecule has 0 saturated heterocycles. The molecule has 0 aliphatic rings. The van der Waals surface area contributed by atoms with Gasteiger partial charge >= 0.3 is 5.97 Å². The van der Waals surface area contributed by atoms with Gasteiger partial charge in [0.15, 0.2) is 5.76 Å². The van der Waals surface area contributed by atoms with Gasteiger partial charge in [0.25, 0.3) is 5.91 Å². The molecule has 0 aliphatic carbocycles. The summed E-state index contributed by atoms with van der Waals surface area (Å²) in [5.74, 6) is -1.57. The first-order valence-electron chi connectivity index (χ1n) is 6.96. The molecule has 5 heteroatoms. The van der Waals surface area contributed by atoms with Crippen molar-refractivity contribution in [2.24, 2.45) is 5.92 Å². The predicted octanol–water partition coefficient (Wildman–Crippen LogP) is 2.97. The Labute approximate surface area is 122 Å². The largest absolute Gasteiger partial charge is 0.480 e. The van der Waals surface area contributed by atoms with Crippen molar-refractivity contribution in [3.63, 3.8) is 0 Å². The Hall–Kier alpha value is -2.30. The maximum absolute atomic E-state index is 12.2. The highest BCUT2D eigenvalue weighted by atomic mass is 16.4. The van der Waals surface area contributed by atoms with Gasteiger partial charge in [-0.1, -0.05) is 31.9 Å². The zero-order valence-electron chi connectivity index (χ0n) is 12.3. The molecular formula is C16H19NO4. The number of rotatable bonds is 5. The summed E-state index contributed by atoms with van der Waals surface area (Å²) in [6.45, 7) is 5.63. The SMILES string of the molecule is CCC(C)C(NC(=O)c1cc2cc(C)ccc2o1)C(=O)O. The Morgan fingerprint density at radius 2 is 2.05 bits per heavy atom. The van der Waals surface area contributed by atoms with E-state index in [2.05, 4.69) is 5.32 Å². The van der Waals surface area contributed by atoms with Crippen LogP contribution in [0.2, 0.25) is 0 Å². The number of amides is 1. The standard InChI is InChI=1S/C16H19NO4/c1-4-10(3)14(16(19)20)17-15(18)13-8-11-7-9(2)5-6-12(11)21-13/h5-8,10,14H,4H2,1-3H3,(H,17,18)(H,19,20). The Balaban J connectivity index is 2.23. The number of carbonyl (C=O) groups excluding carboxylic acids is 1. The number of furan rings is 1. The molecule has 1 aromatic heterocycles. The molecule has 5 nitrogen and oxygen atoms in total. The van der Waals surface area contributed by atoms with Crippen LogP contribution < -0.4 is 5.32 Å². The van der Waals surface area contributed by atoms with Gasteiger partial charge in [-0.2, -0.15) is 0 Å². The van der Waals surface area contributed by atoms with Crippen LogP contribution in [-0.4, -0.2) is 23.0 Å². The fourth-order valence-electron chi connectivity index (χ4n) is 2.17. The zero-order chi connectivity index (χ0) is 15.6. The van der Waals surface area contributed by atoms with E-state index in [4.69, 9.17) is 4.42 Å². The predicted molar refractivity (Wildman–Crippen MR) is 79.3 cm³/mol. The van der Waals surface area contributed by atoms with Gasteiger partial charge in [0.05, 0.1) is 0 Å². The summed E-state index contributed by atoms with van der Waals surface area (Å²) in [7, 11) is 0. The summed E-state index contributed by atoms with van der Waals surface area (Å²) in [5, 5.41) is 12.6. The van der Waals surface area contributed by atoms with Crippen LogP contribution in [0, 0.1) is 12.8 Å². The molecule has 2 aromatic rings. The summed E-state index contributed by atoms with van der Waals surface area (Å²) < 4.78 is 5.47. The van der Waals surface area contributed by atoms with Gasteiger partial charge in [-0.15, -0.1) is 0 Å². The molecule has 0 saturated carbocycles. The second kappa shape index (κ2) is 5.99. The smallest absolute Gasteiger partial charge is 0.326 e. The Morgan fingerprint density at radius 3 is 2.67 bits per heavy atom. The highest BCUT2D eigenvalue weighted by Crippen LogP contribution is 2.21. The van der Waals surface area contributed by atoms with Crippen LogP contribution >= 0.6 is 0 Å². The van der Waals surface area contributed by atoms with Crippen molar-refractivity contribution >= 4 is 22.8 Å². The lowest BCUT2D eigenvalue weighted by molar-refractivity contribution is -0.140. The van der Waals surface area contributed by atoms with Gasteiger partial charge in [-0.25, -0.2) is 4.79 Å². The third kappa shape index (κ3) is 3.24. The van der Waals surface area contributed by atoms with Gasteiger partial charge in [0.2, 0.25) is 0 Å². The van der Waals surface area contributed by atoms with Gasteiger partial charge in [0, 0.05) is 5.39 Å². The summed E-state index contributed by atoms with van der Waals surface area (Å²) in [5.41, 5.74) is 1.68. The number of carboxylic acids is 1. The van der Waals surface area contributed by atoms with Crippen LogP contribution in [0.15, 0.2) is 28.7 Å². The lowest BCUT2D eigenvalue weighted by Crippen LogP contribution is -2.44. The van der Waals surface area contributed by atoms with Gasteiger partial charge in [-0.3, -0.25) is 4.79 Å². The summed E-state index contributed by atoms with van der Waals surface area (Å²) in [4.78, 5) is 23.4. The molecule has 21 heavy (non-hydrogen) atoms. The molecule has 112 valence electrons. The van der Waals surface area contributed by atoms with Gasteiger partial charge in [-0.05, 0) is 31.0 Å². The van der Waals surface area contributed by atoms with Crippen LogP contribution in [0.3, 0.4) is 0 Å². The summed E-state index contributed by atoms with van der Waals surface area (Å²) in [6.07, 6.45) is 0.663. The summed E-state index contributed by atoms with van der Waals surface area (Å²) >= 11 is 0. The van der Waals surface area contributed by atoms with Crippen molar-refractivity contribution in [3.05, 3.63) is 35.6 Å². The maximum atomic E-state index is 12.2. The number of carboxylic acid groups (broad SMARTS) is 1. The molecular weight excluding hydrogens is 270 g/mol. The fourth-order valence-corrected chi connectivity index (χ4v) is 2.17. The average Bonchev–Trinajstić information content (AvgIpc) is 2.86. The van der Waals surface area contributed by atoms with Crippen LogP contribution in [-0.2, 0) is 4.79 Å². The first kappa shape index (κ1) is 15.1. The van der Waals surface area contributed by atoms with Crippen molar-refractivity contribution in [3.8, 4) is 0 Å². The van der Waals surface area contributed by atoms with E-state index in [0.717, 1.165) is 10.9 Å². The van der Waals surface area contributed by atoms with E-state index in [9.17, 15) is 14.7 Å². The van der Waals surface area contributed by atoms with E-state index in [1.165, 1.54) is 0 Å². The second-order valence-corrected chi connectivity index (χ2v) is 5.33. The lowest BCUT2D eigenvalue weighted by Gasteiger charge is -2.19. The maximum Gasteiger partial charge on any atom is 0.326 e. The van der Waals surface area contributed by atoms with E-state index < -0.39 is 17.9 Å². The first-order chi connectivity index (χ1) is 9.92. The van der Waals surface area contributed by atoms with E-state index in [0.29, 0.717) is 12.0 Å². The molecule has 0 fully saturated rings. The Kier molecular flexibility index (Phi) is 4.31. The molecule has 2 atom stereocenters. The number of aryl methyl sites for hydroxylation is 1. The fraction of sp³-hybridized carbons (Fsp3) is 0.375. The normalized spacial score (nSPS) is 13.9. The zero-order valence-corrected chi connectivity index (χ0v) is 12.3. The van der Waals surface area contributed by atoms with Crippen LogP contribution in [0.25, 0.3) is 11.0 Å². The van der Waals surface area contributed by atoms with Crippen LogP contribution in [0.4, 0.5) is 0 Å². The van der Waals surface area contributed by atoms with Crippen molar-refractivity contribution in [1.29, 1.82) is 0 Å². The van der Waals surface area contributed by atoms with Gasteiger partial charge in [0.1, 0.15) is 11.6 Å². The van der Waals surface area contributed by atoms with E-state index >= 15 is 0 Å². The number of hydrogen-bond acceptors (Lipinski definition) is 3. The molecule has 0 spiro atoms. The lowest BCUT2D eigenvalue weighted by atomic mass is 9.99. The molecule has 0 aliphatic heterocycles. The molecule has 0 radical (unpaired) electrons. The molecule has 1 amide bonds. The third-order valence-electron chi connectivity index (χ3n) is 3.66. The van der Waals surface area contributed by atoms with Crippen molar-refractivity contribution in [2.45, 2.75) is 33.2 Å². The minimum Gasteiger partial charge on any atom is -0.480 e. The third-order valence-corrected chi connectivity index (χ3v) is 3.66. The number of hydrogen-bond donors (Lipinski definition) is 2. The Bertz CT molecular complexity index is 674. The van der Waals surface area contributed by atoms with Crippen molar-refractivity contribution < 1.29 is 19.1 Å². The quantitative estimate of drug-likeness (QED) is 0.886. The number of aliphatic carboxylic acids is 1. The molecule has 0 bridgehead atoms. The van der Waals surface area contributed by atoms with Crippen LogP contribution in [0.5, 0.6) is 0 Å². The highest BCUT2D eigenvalue weighted by molar-refractivity contribution is 5.98. The summed E-state index contributed by atoms with van der Waals surface area (Å²) in [6, 6.07) is 6.32. The van der Waals surface area contributed by atoms with E-state index in [-0.39, 0.29) is 11.7 Å². The topological polar surface area (TPSA) is 79.5 Å². The second-order valence-electron chi connectivity index (χ2n) is 5.33. The first-order valence-corrected chi connectivity index (χ1v) is 6.96. The molecule has 2 N–H and O–H groups in total. The number of benzene rings is 1. The monoisotopic (exact) mass is 289 g/mol. The van der Waals surface area contributed by atoms with Crippen molar-refractivity contribution in [2.75, 3.05) is 0 Å². The Morgan fingerprint density at radius 1 is 1.33 bits per heavy atom. The molecule has 1 aromatic carbocycles. The van der Waals surface area contributed by atoms with E-state index in [1.807, 2.05) is 26.0 Å². The van der Waals surface area contributed by atoms with Crippen LogP contribution in [0.1, 0.15) is 36.4 Å². The number of carbonyl (C=O) groups is 2. The molecule has 2 rings (SSSR count). The minimum absolute atomic E-state index is 0.130. The number of nitrogens with one attached hydrogen (secondary N) is 1. The molecule has 1 heterocycles. The number of fused-ring (bicyclic) bond motifs is 1. The van der Waals surface area contributed by atoms with Gasteiger partial charge < -0.3 is 14.8 Å².